The van der Waals surface area contributed by atoms with Gasteiger partial charge in [0.15, 0.2) is 0 Å². The maximum atomic E-state index is 11.0. The van der Waals surface area contributed by atoms with E-state index >= 15 is 0 Å². The second-order valence-corrected chi connectivity index (χ2v) is 4.13. The number of aryl methyl sites for hydroxylation is 2. The quantitative estimate of drug-likeness (QED) is 0.787. The second-order valence-electron chi connectivity index (χ2n) is 4.13. The fourth-order valence-electron chi connectivity index (χ4n) is 1.82. The van der Waals surface area contributed by atoms with Crippen molar-refractivity contribution in [3.63, 3.8) is 0 Å². The lowest BCUT2D eigenvalue weighted by Gasteiger charge is -2.11. The minimum Gasteiger partial charge on any atom is -0.545 e. The molecule has 0 atom stereocenters. The molecule has 0 aliphatic rings. The van der Waals surface area contributed by atoms with Crippen LogP contribution < -0.4 is 5.11 Å². The Balaban J connectivity index is 2.60. The van der Waals surface area contributed by atoms with E-state index < -0.39 is 5.97 Å². The molecule has 0 bridgehead atoms. The molecular weight excluding hydrogens is 212 g/mol. The molecule has 0 unspecified atom stereocenters. The summed E-state index contributed by atoms with van der Waals surface area (Å²) in [6.45, 7) is 4.05. The van der Waals surface area contributed by atoms with Gasteiger partial charge < -0.3 is 9.90 Å². The molecule has 0 N–H and O–H groups in total. The monoisotopic (exact) mass is 225 g/mol. The summed E-state index contributed by atoms with van der Waals surface area (Å²) in [5.74, 6) is -1.14. The molecule has 0 saturated heterocycles. The van der Waals surface area contributed by atoms with Gasteiger partial charge in [-0.3, -0.25) is 0 Å². The van der Waals surface area contributed by atoms with Gasteiger partial charge >= 0.3 is 0 Å². The van der Waals surface area contributed by atoms with Gasteiger partial charge in [-0.05, 0) is 36.1 Å². The Bertz CT molecular complexity index is 571. The van der Waals surface area contributed by atoms with E-state index in [0.29, 0.717) is 5.56 Å². The van der Waals surface area contributed by atoms with Gasteiger partial charge in [0.2, 0.25) is 0 Å². The summed E-state index contributed by atoms with van der Waals surface area (Å²) in [6.07, 6.45) is 0. The molecule has 0 aliphatic carbocycles. The Morgan fingerprint density at radius 3 is 2.35 bits per heavy atom. The molecule has 0 amide bonds. The first-order valence-corrected chi connectivity index (χ1v) is 5.47. The van der Waals surface area contributed by atoms with Crippen LogP contribution in [0.15, 0.2) is 42.5 Å². The van der Waals surface area contributed by atoms with Gasteiger partial charge in [-0.25, -0.2) is 0 Å². The number of carboxylic acids is 1. The van der Waals surface area contributed by atoms with Crippen LogP contribution in [0.2, 0.25) is 0 Å². The zero-order chi connectivity index (χ0) is 12.4. The largest absolute Gasteiger partial charge is 0.545 e. The third-order valence-corrected chi connectivity index (χ3v) is 2.96. The highest BCUT2D eigenvalue weighted by Crippen LogP contribution is 2.25. The lowest BCUT2D eigenvalue weighted by molar-refractivity contribution is -0.254. The fraction of sp³-hybridized carbons (Fsp3) is 0.133. The number of carboxylic acid groups (broad SMARTS) is 1. The Morgan fingerprint density at radius 1 is 1.00 bits per heavy atom. The van der Waals surface area contributed by atoms with Gasteiger partial charge in [0.25, 0.3) is 0 Å². The Kier molecular flexibility index (Phi) is 2.96. The van der Waals surface area contributed by atoms with Gasteiger partial charge in [0.1, 0.15) is 0 Å². The van der Waals surface area contributed by atoms with Crippen molar-refractivity contribution >= 4 is 5.97 Å². The number of rotatable bonds is 2. The summed E-state index contributed by atoms with van der Waals surface area (Å²) in [6, 6.07) is 12.8. The highest BCUT2D eigenvalue weighted by molar-refractivity contribution is 5.94. The van der Waals surface area contributed by atoms with E-state index in [-0.39, 0.29) is 5.56 Å². The van der Waals surface area contributed by atoms with Gasteiger partial charge in [0, 0.05) is 5.56 Å². The van der Waals surface area contributed by atoms with E-state index in [1.54, 1.807) is 18.2 Å². The van der Waals surface area contributed by atoms with E-state index in [9.17, 15) is 9.90 Å². The van der Waals surface area contributed by atoms with Crippen LogP contribution in [0.25, 0.3) is 11.1 Å². The van der Waals surface area contributed by atoms with Crippen LogP contribution in [0.5, 0.6) is 0 Å². The summed E-state index contributed by atoms with van der Waals surface area (Å²) in [4.78, 5) is 11.0. The molecule has 2 aromatic carbocycles. The van der Waals surface area contributed by atoms with Crippen molar-refractivity contribution in [1.29, 1.82) is 0 Å². The normalized spacial score (nSPS) is 10.2. The molecule has 0 radical (unpaired) electrons. The molecule has 2 nitrogen and oxygen atoms in total. The van der Waals surface area contributed by atoms with Gasteiger partial charge in [-0.15, -0.1) is 0 Å². The Labute approximate surface area is 101 Å². The number of hydrogen-bond donors (Lipinski definition) is 0. The van der Waals surface area contributed by atoms with Crippen LogP contribution in [-0.2, 0) is 0 Å². The van der Waals surface area contributed by atoms with Crippen LogP contribution in [0, 0.1) is 13.8 Å². The SMILES string of the molecule is Cc1ccc(-c2ccccc2C(=O)[O-])cc1C. The van der Waals surface area contributed by atoms with Crippen LogP contribution in [0.3, 0.4) is 0 Å². The van der Waals surface area contributed by atoms with E-state index in [4.69, 9.17) is 0 Å². The molecule has 0 aliphatic heterocycles. The smallest absolute Gasteiger partial charge is 0.0721 e. The molecule has 0 fully saturated rings. The number of hydrogen-bond acceptors (Lipinski definition) is 2. The lowest BCUT2D eigenvalue weighted by Crippen LogP contribution is -2.22. The Morgan fingerprint density at radius 2 is 1.71 bits per heavy atom. The zero-order valence-corrected chi connectivity index (χ0v) is 9.86. The van der Waals surface area contributed by atoms with Gasteiger partial charge in [-0.1, -0.05) is 42.5 Å². The van der Waals surface area contributed by atoms with Crippen LogP contribution in [0.1, 0.15) is 21.5 Å². The maximum absolute atomic E-state index is 11.0. The summed E-state index contributed by atoms with van der Waals surface area (Å²) in [5.41, 5.74) is 4.19. The summed E-state index contributed by atoms with van der Waals surface area (Å²) in [5, 5.41) is 11.0. The molecule has 2 heteroatoms. The van der Waals surface area contributed by atoms with Crippen molar-refractivity contribution in [3.05, 3.63) is 59.2 Å². The molecule has 17 heavy (non-hydrogen) atoms. The molecular formula is C15H13O2-. The van der Waals surface area contributed by atoms with E-state index in [1.807, 2.05) is 38.1 Å². The van der Waals surface area contributed by atoms with Crippen molar-refractivity contribution in [2.75, 3.05) is 0 Å². The van der Waals surface area contributed by atoms with Gasteiger partial charge in [-0.2, -0.15) is 0 Å². The first-order valence-electron chi connectivity index (χ1n) is 5.47. The fourth-order valence-corrected chi connectivity index (χ4v) is 1.82. The Hall–Kier alpha value is -2.09. The predicted octanol–water partition coefficient (Wildman–Crippen LogP) is 2.33. The second kappa shape index (κ2) is 4.42. The third kappa shape index (κ3) is 2.21. The van der Waals surface area contributed by atoms with E-state index in [2.05, 4.69) is 0 Å². The van der Waals surface area contributed by atoms with E-state index in [1.165, 1.54) is 5.56 Å². The minimum atomic E-state index is -1.14. The standard InChI is InChI=1S/C15H14O2/c1-10-7-8-12(9-11(10)2)13-5-3-4-6-14(13)15(16)17/h3-9H,1-2H3,(H,16,17)/p-1. The molecule has 0 spiro atoms. The third-order valence-electron chi connectivity index (χ3n) is 2.96. The molecule has 0 saturated carbocycles. The van der Waals surface area contributed by atoms with Crippen LogP contribution >= 0.6 is 0 Å². The number of benzene rings is 2. The van der Waals surface area contributed by atoms with E-state index in [0.717, 1.165) is 11.1 Å². The van der Waals surface area contributed by atoms with Crippen molar-refractivity contribution in [2.24, 2.45) is 0 Å². The number of aromatic carboxylic acids is 1. The molecule has 86 valence electrons. The minimum absolute atomic E-state index is 0.232. The average molecular weight is 225 g/mol. The number of carbonyl (C=O) groups excluding carboxylic acids is 1. The molecule has 0 heterocycles. The predicted molar refractivity (Wildman–Crippen MR) is 65.7 cm³/mol. The maximum Gasteiger partial charge on any atom is 0.0721 e. The summed E-state index contributed by atoms with van der Waals surface area (Å²) in [7, 11) is 0. The highest BCUT2D eigenvalue weighted by atomic mass is 16.4. The summed E-state index contributed by atoms with van der Waals surface area (Å²) >= 11 is 0. The molecule has 2 aromatic rings. The van der Waals surface area contributed by atoms with Crippen molar-refractivity contribution in [3.8, 4) is 11.1 Å². The van der Waals surface area contributed by atoms with Gasteiger partial charge in [0.05, 0.1) is 5.97 Å². The van der Waals surface area contributed by atoms with Crippen molar-refractivity contribution in [2.45, 2.75) is 13.8 Å². The first-order chi connectivity index (χ1) is 8.09. The highest BCUT2D eigenvalue weighted by Gasteiger charge is 2.05. The zero-order valence-electron chi connectivity index (χ0n) is 9.86. The van der Waals surface area contributed by atoms with Crippen molar-refractivity contribution < 1.29 is 9.90 Å². The average Bonchev–Trinajstić information content (AvgIpc) is 2.32. The summed E-state index contributed by atoms with van der Waals surface area (Å²) < 4.78 is 0. The first kappa shape index (κ1) is 11.4. The molecule has 0 aromatic heterocycles. The van der Waals surface area contributed by atoms with Crippen LogP contribution in [0.4, 0.5) is 0 Å². The molecule has 2 rings (SSSR count). The topological polar surface area (TPSA) is 40.1 Å². The number of carbonyl (C=O) groups is 1. The van der Waals surface area contributed by atoms with Crippen molar-refractivity contribution in [1.82, 2.24) is 0 Å². The lowest BCUT2D eigenvalue weighted by atomic mass is 9.97. The van der Waals surface area contributed by atoms with Crippen LogP contribution in [-0.4, -0.2) is 5.97 Å².